The number of hydrogen-bond acceptors (Lipinski definition) is 3. The van der Waals surface area contributed by atoms with Crippen molar-refractivity contribution in [3.8, 4) is 0 Å². The van der Waals surface area contributed by atoms with Gasteiger partial charge in [0.15, 0.2) is 0 Å². The van der Waals surface area contributed by atoms with E-state index in [1.165, 1.54) is 19.3 Å². The molecule has 0 aromatic carbocycles. The molecule has 0 aliphatic heterocycles. The zero-order valence-corrected chi connectivity index (χ0v) is 12.5. The first kappa shape index (κ1) is 17.7. The number of carbonyl (C=O) groups is 2. The number of carboxylic acid groups (broad SMARTS) is 1. The Hall–Kier alpha value is -1.33. The molecule has 0 aromatic heterocycles. The highest BCUT2D eigenvalue weighted by Crippen LogP contribution is 2.27. The fourth-order valence-electron chi connectivity index (χ4n) is 2.68. The van der Waals surface area contributed by atoms with E-state index in [2.05, 4.69) is 5.32 Å². The summed E-state index contributed by atoms with van der Waals surface area (Å²) in [5.41, 5.74) is 0. The van der Waals surface area contributed by atoms with Crippen LogP contribution < -0.4 is 5.32 Å². The molecule has 6 heteroatoms. The number of amides is 1. The van der Waals surface area contributed by atoms with Crippen LogP contribution in [0, 0.1) is 5.92 Å². The minimum Gasteiger partial charge on any atom is -0.480 e. The van der Waals surface area contributed by atoms with Crippen LogP contribution in [0.15, 0.2) is 0 Å². The average Bonchev–Trinajstić information content (AvgIpc) is 2.48. The molecule has 1 atom stereocenters. The van der Waals surface area contributed by atoms with Crippen LogP contribution in [0.2, 0.25) is 0 Å². The number of ether oxygens (including phenoxy) is 1. The number of carbonyl (C=O) groups excluding carboxylic acids is 1. The topological polar surface area (TPSA) is 75.6 Å². The molecule has 0 bridgehead atoms. The Morgan fingerprint density at radius 1 is 1.24 bits per heavy atom. The van der Waals surface area contributed by atoms with Gasteiger partial charge in [-0.1, -0.05) is 32.1 Å². The number of alkyl carbamates (subject to hydrolysis) is 1. The number of hydrogen-bond donors (Lipinski definition) is 2. The molecule has 1 aliphatic rings. The smallest absolute Gasteiger partial charge is 0.407 e. The molecule has 2 N–H and O–H groups in total. The summed E-state index contributed by atoms with van der Waals surface area (Å²) in [5.74, 6) is -0.463. The molecule has 0 spiro atoms. The second kappa shape index (κ2) is 10.4. The molecule has 0 saturated heterocycles. The Kier molecular flexibility index (Phi) is 8.78. The predicted octanol–water partition coefficient (Wildman–Crippen LogP) is 3.28. The first-order valence-electron chi connectivity index (χ1n) is 7.85. The van der Waals surface area contributed by atoms with Crippen LogP contribution in [0.25, 0.3) is 0 Å². The lowest BCUT2D eigenvalue weighted by Gasteiger charge is -2.23. The molecule has 0 heterocycles. The largest absolute Gasteiger partial charge is 0.480 e. The average molecular weight is 303 g/mol. The third-order valence-electron chi connectivity index (χ3n) is 3.94. The second-order valence-electron chi connectivity index (χ2n) is 5.65. The van der Waals surface area contributed by atoms with Gasteiger partial charge < -0.3 is 15.2 Å². The lowest BCUT2D eigenvalue weighted by Crippen LogP contribution is -2.41. The summed E-state index contributed by atoms with van der Waals surface area (Å²) in [6, 6.07) is -0.902. The zero-order chi connectivity index (χ0) is 15.5. The van der Waals surface area contributed by atoms with E-state index < -0.39 is 24.8 Å². The highest BCUT2D eigenvalue weighted by molar-refractivity contribution is 5.79. The van der Waals surface area contributed by atoms with Crippen molar-refractivity contribution < 1.29 is 23.8 Å². The van der Waals surface area contributed by atoms with Crippen molar-refractivity contribution in [2.24, 2.45) is 5.92 Å². The maximum Gasteiger partial charge on any atom is 0.407 e. The number of rotatable bonds is 9. The monoisotopic (exact) mass is 303 g/mol. The van der Waals surface area contributed by atoms with Gasteiger partial charge in [-0.2, -0.15) is 0 Å². The van der Waals surface area contributed by atoms with Gasteiger partial charge in [-0.05, 0) is 31.6 Å². The first-order valence-corrected chi connectivity index (χ1v) is 7.85. The van der Waals surface area contributed by atoms with Gasteiger partial charge in [-0.25, -0.2) is 9.59 Å². The molecule has 1 amide bonds. The molecule has 1 rings (SSSR count). The summed E-state index contributed by atoms with van der Waals surface area (Å²) in [4.78, 5) is 22.6. The highest BCUT2D eigenvalue weighted by atomic mass is 19.1. The minimum atomic E-state index is -1.04. The predicted molar refractivity (Wildman–Crippen MR) is 76.9 cm³/mol. The van der Waals surface area contributed by atoms with Gasteiger partial charge in [0.25, 0.3) is 0 Å². The van der Waals surface area contributed by atoms with E-state index in [1.807, 2.05) is 0 Å². The maximum atomic E-state index is 11.9. The number of alkyl halides is 1. The summed E-state index contributed by atoms with van der Waals surface area (Å²) < 4.78 is 16.7. The van der Waals surface area contributed by atoms with Crippen molar-refractivity contribution in [2.45, 2.75) is 63.8 Å². The van der Waals surface area contributed by atoms with Crippen molar-refractivity contribution in [1.29, 1.82) is 0 Å². The van der Waals surface area contributed by atoms with Gasteiger partial charge in [-0.3, -0.25) is 4.39 Å². The Morgan fingerprint density at radius 3 is 2.57 bits per heavy atom. The molecule has 1 fully saturated rings. The van der Waals surface area contributed by atoms with E-state index in [4.69, 9.17) is 9.84 Å². The van der Waals surface area contributed by atoms with E-state index in [-0.39, 0.29) is 6.61 Å². The molecular weight excluding hydrogens is 277 g/mol. The second-order valence-corrected chi connectivity index (χ2v) is 5.65. The summed E-state index contributed by atoms with van der Waals surface area (Å²) in [6.45, 7) is -0.325. The van der Waals surface area contributed by atoms with Gasteiger partial charge in [0.1, 0.15) is 6.04 Å². The lowest BCUT2D eigenvalue weighted by atomic mass is 9.85. The van der Waals surface area contributed by atoms with Crippen LogP contribution in [0.1, 0.15) is 57.8 Å². The maximum absolute atomic E-state index is 11.9. The van der Waals surface area contributed by atoms with Gasteiger partial charge >= 0.3 is 12.1 Å². The van der Waals surface area contributed by atoms with Crippen LogP contribution >= 0.6 is 0 Å². The van der Waals surface area contributed by atoms with E-state index >= 15 is 0 Å². The quantitative estimate of drug-likeness (QED) is 0.641. The molecule has 122 valence electrons. The molecule has 1 aliphatic carbocycles. The third-order valence-corrected chi connectivity index (χ3v) is 3.94. The number of nitrogens with one attached hydrogen (secondary N) is 1. The zero-order valence-electron chi connectivity index (χ0n) is 12.5. The SMILES string of the molecule is O=C(NC(CCC1CCCCC1)C(=O)O)OCCCCF. The molecule has 5 nitrogen and oxygen atoms in total. The Bertz CT molecular complexity index is 319. The van der Waals surface area contributed by atoms with E-state index in [1.54, 1.807) is 0 Å². The summed E-state index contributed by atoms with van der Waals surface area (Å²) in [7, 11) is 0. The minimum absolute atomic E-state index is 0.116. The lowest BCUT2D eigenvalue weighted by molar-refractivity contribution is -0.139. The summed E-state index contributed by atoms with van der Waals surface area (Å²) in [6.07, 6.45) is 7.31. The van der Waals surface area contributed by atoms with E-state index in [9.17, 15) is 14.0 Å². The fraction of sp³-hybridized carbons (Fsp3) is 0.867. The number of unbranched alkanes of at least 4 members (excludes halogenated alkanes) is 1. The van der Waals surface area contributed by atoms with Crippen molar-refractivity contribution in [3.05, 3.63) is 0 Å². The van der Waals surface area contributed by atoms with Crippen molar-refractivity contribution in [3.63, 3.8) is 0 Å². The summed E-state index contributed by atoms with van der Waals surface area (Å²) >= 11 is 0. The number of carboxylic acids is 1. The van der Waals surface area contributed by atoms with Crippen molar-refractivity contribution >= 4 is 12.1 Å². The molecular formula is C15H26FNO4. The highest BCUT2D eigenvalue weighted by Gasteiger charge is 2.23. The van der Waals surface area contributed by atoms with Gasteiger partial charge in [-0.15, -0.1) is 0 Å². The molecule has 0 aromatic rings. The van der Waals surface area contributed by atoms with Crippen molar-refractivity contribution in [2.75, 3.05) is 13.3 Å². The molecule has 1 unspecified atom stereocenters. The molecule has 21 heavy (non-hydrogen) atoms. The molecule has 0 radical (unpaired) electrons. The van der Waals surface area contributed by atoms with Crippen LogP contribution in [0.3, 0.4) is 0 Å². The number of aliphatic carboxylic acids is 1. The van der Waals surface area contributed by atoms with Gasteiger partial charge in [0.2, 0.25) is 0 Å². The van der Waals surface area contributed by atoms with E-state index in [0.29, 0.717) is 25.2 Å². The molecule has 1 saturated carbocycles. The van der Waals surface area contributed by atoms with Crippen LogP contribution in [0.4, 0.5) is 9.18 Å². The third kappa shape index (κ3) is 7.87. The summed E-state index contributed by atoms with van der Waals surface area (Å²) in [5, 5.41) is 11.5. The van der Waals surface area contributed by atoms with Gasteiger partial charge in [0.05, 0.1) is 13.3 Å². The Morgan fingerprint density at radius 2 is 1.95 bits per heavy atom. The fourth-order valence-corrected chi connectivity index (χ4v) is 2.68. The number of halogens is 1. The first-order chi connectivity index (χ1) is 10.1. The van der Waals surface area contributed by atoms with Gasteiger partial charge in [0, 0.05) is 0 Å². The van der Waals surface area contributed by atoms with Crippen LogP contribution in [-0.2, 0) is 9.53 Å². The Labute approximate surface area is 125 Å². The standard InChI is InChI=1S/C15H26FNO4/c16-10-4-5-11-21-15(20)17-13(14(18)19)9-8-12-6-2-1-3-7-12/h12-13H,1-11H2,(H,17,20)(H,18,19). The Balaban J connectivity index is 2.25. The van der Waals surface area contributed by atoms with Crippen LogP contribution in [0.5, 0.6) is 0 Å². The van der Waals surface area contributed by atoms with E-state index in [0.717, 1.165) is 19.3 Å². The van der Waals surface area contributed by atoms with Crippen molar-refractivity contribution in [1.82, 2.24) is 5.32 Å². The normalized spacial score (nSPS) is 17.2. The van der Waals surface area contributed by atoms with Crippen LogP contribution in [-0.4, -0.2) is 36.5 Å².